The van der Waals surface area contributed by atoms with Gasteiger partial charge >= 0.3 is 6.18 Å². The molecule has 0 bridgehead atoms. The highest BCUT2D eigenvalue weighted by Crippen LogP contribution is 2.52. The van der Waals surface area contributed by atoms with Gasteiger partial charge in [0.25, 0.3) is 5.69 Å². The quantitative estimate of drug-likeness (QED) is 0.274. The first kappa shape index (κ1) is 19.4. The van der Waals surface area contributed by atoms with Gasteiger partial charge in [-0.1, -0.05) is 32.0 Å². The van der Waals surface area contributed by atoms with Gasteiger partial charge in [-0.3, -0.25) is 0 Å². The first-order chi connectivity index (χ1) is 14.1. The number of benzene rings is 2. The third-order valence-corrected chi connectivity index (χ3v) is 7.09. The lowest BCUT2D eigenvalue weighted by Gasteiger charge is -2.30. The second-order valence-electron chi connectivity index (χ2n) is 8.62. The predicted octanol–water partition coefficient (Wildman–Crippen LogP) is 7.09. The van der Waals surface area contributed by atoms with Crippen molar-refractivity contribution in [2.45, 2.75) is 33.4 Å². The van der Waals surface area contributed by atoms with Crippen molar-refractivity contribution >= 4 is 32.3 Å². The minimum Gasteiger partial charge on any atom is -0.448 e. The minimum atomic E-state index is -4.32. The van der Waals surface area contributed by atoms with Crippen LogP contribution < -0.4 is 9.30 Å². The van der Waals surface area contributed by atoms with Crippen LogP contribution >= 0.6 is 11.3 Å². The number of fused-ring (bicyclic) bond motifs is 3. The minimum absolute atomic E-state index is 0.158. The molecule has 0 atom stereocenters. The Balaban J connectivity index is 1.90. The van der Waals surface area contributed by atoms with E-state index >= 15 is 0 Å². The molecule has 4 aromatic rings. The Morgan fingerprint density at radius 2 is 1.80 bits per heavy atom. The number of pyridine rings is 1. The molecule has 1 aliphatic rings. The number of thiophene rings is 1. The fourth-order valence-electron chi connectivity index (χ4n) is 4.36. The van der Waals surface area contributed by atoms with Gasteiger partial charge in [0.15, 0.2) is 0 Å². The molecule has 30 heavy (non-hydrogen) atoms. The molecule has 0 spiro atoms. The third-order valence-electron chi connectivity index (χ3n) is 6.16. The fraction of sp³-hybridized carbons (Fsp3) is 0.292. The molecule has 0 N–H and O–H groups in total. The molecule has 5 rings (SSSR count). The maximum atomic E-state index is 13.8. The molecule has 1 aliphatic heterocycles. The summed E-state index contributed by atoms with van der Waals surface area (Å²) in [6.45, 7) is 4.55. The van der Waals surface area contributed by atoms with Crippen molar-refractivity contribution in [3.8, 4) is 22.8 Å². The summed E-state index contributed by atoms with van der Waals surface area (Å²) in [4.78, 5) is 0. The van der Waals surface area contributed by atoms with Gasteiger partial charge in [0, 0.05) is 27.1 Å². The van der Waals surface area contributed by atoms with E-state index in [0.29, 0.717) is 11.3 Å². The summed E-state index contributed by atoms with van der Waals surface area (Å²) >= 11 is 1.59. The van der Waals surface area contributed by atoms with Gasteiger partial charge in [0.1, 0.15) is 12.8 Å². The van der Waals surface area contributed by atoms with E-state index in [1.807, 2.05) is 43.6 Å². The van der Waals surface area contributed by atoms with Crippen molar-refractivity contribution < 1.29 is 22.5 Å². The van der Waals surface area contributed by atoms with E-state index in [1.165, 1.54) is 13.8 Å². The molecular formula is C24H21F3NOS+. The molecule has 0 unspecified atom stereocenters. The Morgan fingerprint density at radius 3 is 2.53 bits per heavy atom. The molecule has 0 amide bonds. The number of hydrogen-bond donors (Lipinski definition) is 0. The summed E-state index contributed by atoms with van der Waals surface area (Å²) < 4.78 is 51.0. The molecular weight excluding hydrogens is 407 g/mol. The maximum Gasteiger partial charge on any atom is 0.394 e. The van der Waals surface area contributed by atoms with Gasteiger partial charge in [0.2, 0.25) is 11.3 Å². The largest absolute Gasteiger partial charge is 0.448 e. The molecule has 0 aliphatic carbocycles. The van der Waals surface area contributed by atoms with Gasteiger partial charge < -0.3 is 4.74 Å². The number of alkyl halides is 3. The lowest BCUT2D eigenvalue weighted by Crippen LogP contribution is -2.37. The SMILES string of the molecule is Cc1ccc2scc3c2c1-c1c(c(CC(C)(C)C(F)(F)F)c2ccccc2[n+]1C)O3. The molecule has 0 fully saturated rings. The van der Waals surface area contributed by atoms with Crippen LogP contribution in [0.25, 0.3) is 32.2 Å². The van der Waals surface area contributed by atoms with Crippen molar-refractivity contribution in [2.24, 2.45) is 12.5 Å². The fourth-order valence-corrected chi connectivity index (χ4v) is 5.23. The average Bonchev–Trinajstić information content (AvgIpc) is 3.10. The number of aromatic nitrogens is 1. The summed E-state index contributed by atoms with van der Waals surface area (Å²) in [5.74, 6) is 1.26. The first-order valence-corrected chi connectivity index (χ1v) is 10.7. The third kappa shape index (κ3) is 2.59. The van der Waals surface area contributed by atoms with Crippen LogP contribution in [0.2, 0.25) is 0 Å². The molecule has 3 heterocycles. The van der Waals surface area contributed by atoms with E-state index in [2.05, 4.69) is 16.7 Å². The molecule has 6 heteroatoms. The molecule has 0 radical (unpaired) electrons. The van der Waals surface area contributed by atoms with E-state index in [0.717, 1.165) is 43.6 Å². The van der Waals surface area contributed by atoms with Crippen molar-refractivity contribution in [2.75, 3.05) is 0 Å². The lowest BCUT2D eigenvalue weighted by molar-refractivity contribution is -0.633. The Morgan fingerprint density at radius 1 is 1.07 bits per heavy atom. The van der Waals surface area contributed by atoms with Crippen LogP contribution in [0.1, 0.15) is 25.0 Å². The highest BCUT2D eigenvalue weighted by atomic mass is 32.1. The standard InChI is InChI=1S/C24H21F3NOS/c1-13-9-10-18-20-17(12-30-18)29-22-15(11-23(2,3)24(25,26)27)14-7-5-6-8-16(14)28(4)21(22)19(13)20/h5-10,12H,11H2,1-4H3/q+1. The van der Waals surface area contributed by atoms with Gasteiger partial charge in [-0.2, -0.15) is 17.7 Å². The Labute approximate surface area is 176 Å². The van der Waals surface area contributed by atoms with Crippen molar-refractivity contribution in [3.63, 3.8) is 0 Å². The van der Waals surface area contributed by atoms with Crippen LogP contribution in [0.15, 0.2) is 41.8 Å². The number of rotatable bonds is 2. The molecule has 0 saturated heterocycles. The zero-order valence-corrected chi connectivity index (χ0v) is 18.0. The van der Waals surface area contributed by atoms with Crippen LogP contribution in [0, 0.1) is 12.3 Å². The van der Waals surface area contributed by atoms with E-state index in [-0.39, 0.29) is 6.42 Å². The normalized spacial score (nSPS) is 13.6. The van der Waals surface area contributed by atoms with Gasteiger partial charge in [-0.05, 0) is 31.0 Å². The zero-order valence-electron chi connectivity index (χ0n) is 17.1. The lowest BCUT2D eigenvalue weighted by atomic mass is 9.82. The summed E-state index contributed by atoms with van der Waals surface area (Å²) in [6.07, 6.45) is -4.48. The van der Waals surface area contributed by atoms with Gasteiger partial charge in [-0.15, -0.1) is 11.3 Å². The first-order valence-electron chi connectivity index (χ1n) is 9.79. The maximum absolute atomic E-state index is 13.8. The number of para-hydroxylation sites is 1. The van der Waals surface area contributed by atoms with Crippen LogP contribution in [0.3, 0.4) is 0 Å². The number of hydrogen-bond acceptors (Lipinski definition) is 2. The van der Waals surface area contributed by atoms with E-state index in [9.17, 15) is 13.2 Å². The molecule has 2 nitrogen and oxygen atoms in total. The zero-order chi connectivity index (χ0) is 21.4. The highest BCUT2D eigenvalue weighted by molar-refractivity contribution is 7.17. The van der Waals surface area contributed by atoms with Crippen molar-refractivity contribution in [3.05, 3.63) is 52.9 Å². The molecule has 0 saturated carbocycles. The van der Waals surface area contributed by atoms with E-state index in [4.69, 9.17) is 4.74 Å². The van der Waals surface area contributed by atoms with Gasteiger partial charge in [0.05, 0.1) is 16.4 Å². The summed E-state index contributed by atoms with van der Waals surface area (Å²) in [5, 5.41) is 3.78. The number of nitrogens with zero attached hydrogens (tertiary/aromatic N) is 1. The molecule has 154 valence electrons. The number of aryl methyl sites for hydroxylation is 2. The Kier molecular flexibility index (Phi) is 4.00. The van der Waals surface area contributed by atoms with Crippen molar-refractivity contribution in [1.82, 2.24) is 0 Å². The summed E-state index contributed by atoms with van der Waals surface area (Å²) in [7, 11) is 1.96. The topological polar surface area (TPSA) is 13.1 Å². The number of halogens is 3. The smallest absolute Gasteiger partial charge is 0.394 e. The van der Waals surface area contributed by atoms with Crippen LogP contribution in [0.5, 0.6) is 11.5 Å². The molecule has 2 aromatic carbocycles. The summed E-state index contributed by atoms with van der Waals surface area (Å²) in [5.41, 5.74) is 2.58. The van der Waals surface area contributed by atoms with E-state index in [1.54, 1.807) is 11.3 Å². The van der Waals surface area contributed by atoms with E-state index < -0.39 is 11.6 Å². The average molecular weight is 428 g/mol. The van der Waals surface area contributed by atoms with Crippen LogP contribution in [-0.4, -0.2) is 6.18 Å². The van der Waals surface area contributed by atoms with Crippen LogP contribution in [-0.2, 0) is 13.5 Å². The second-order valence-corrected chi connectivity index (χ2v) is 9.53. The summed E-state index contributed by atoms with van der Waals surface area (Å²) in [6, 6.07) is 11.8. The second kappa shape index (κ2) is 6.20. The molecule has 2 aromatic heterocycles. The monoisotopic (exact) mass is 428 g/mol. The predicted molar refractivity (Wildman–Crippen MR) is 114 cm³/mol. The number of ether oxygens (including phenoxy) is 1. The Hall–Kier alpha value is -2.60. The Bertz CT molecular complexity index is 1330. The van der Waals surface area contributed by atoms with Crippen molar-refractivity contribution in [1.29, 1.82) is 0 Å². The highest BCUT2D eigenvalue weighted by Gasteiger charge is 2.48. The van der Waals surface area contributed by atoms with Gasteiger partial charge in [-0.25, -0.2) is 0 Å². The van der Waals surface area contributed by atoms with Crippen LogP contribution in [0.4, 0.5) is 13.2 Å².